The summed E-state index contributed by atoms with van der Waals surface area (Å²) in [4.78, 5) is 20.7. The number of guanidine groups is 1. The van der Waals surface area contributed by atoms with E-state index in [9.17, 15) is 4.79 Å². The van der Waals surface area contributed by atoms with Crippen LogP contribution in [0.1, 0.15) is 25.0 Å². The second-order valence-corrected chi connectivity index (χ2v) is 6.87. The highest BCUT2D eigenvalue weighted by molar-refractivity contribution is 5.80. The molecule has 1 N–H and O–H groups in total. The molecule has 1 aromatic carbocycles. The van der Waals surface area contributed by atoms with Crippen LogP contribution in [0.2, 0.25) is 0 Å². The Kier molecular flexibility index (Phi) is 7.49. The summed E-state index contributed by atoms with van der Waals surface area (Å²) in [6, 6.07) is 10.4. The largest absolute Gasteiger partial charge is 0.450 e. The number of rotatable bonds is 6. The van der Waals surface area contributed by atoms with Gasteiger partial charge >= 0.3 is 6.09 Å². The lowest BCUT2D eigenvalue weighted by Crippen LogP contribution is -2.53. The number of hydrogen-bond acceptors (Lipinski definition) is 4. The van der Waals surface area contributed by atoms with Crippen molar-refractivity contribution in [3.8, 4) is 0 Å². The normalized spacial score (nSPS) is 14.8. The van der Waals surface area contributed by atoms with Crippen LogP contribution in [-0.4, -0.2) is 71.0 Å². The van der Waals surface area contributed by atoms with Crippen LogP contribution < -0.4 is 5.32 Å². The molecule has 0 unspecified atom stereocenters. The van der Waals surface area contributed by atoms with Gasteiger partial charge in [-0.2, -0.15) is 5.10 Å². The summed E-state index contributed by atoms with van der Waals surface area (Å²) in [5, 5.41) is 7.64. The molecule has 1 amide bonds. The van der Waals surface area contributed by atoms with E-state index in [2.05, 4.69) is 46.5 Å². The minimum absolute atomic E-state index is 0.233. The fraction of sp³-hybridized carbons (Fsp3) is 0.476. The van der Waals surface area contributed by atoms with Gasteiger partial charge in [-0.1, -0.05) is 24.3 Å². The van der Waals surface area contributed by atoms with E-state index in [0.717, 1.165) is 37.7 Å². The zero-order valence-corrected chi connectivity index (χ0v) is 17.3. The highest BCUT2D eigenvalue weighted by atomic mass is 16.6. The molecule has 0 aliphatic carbocycles. The molecule has 1 aromatic heterocycles. The molecule has 156 valence electrons. The second kappa shape index (κ2) is 10.5. The lowest BCUT2D eigenvalue weighted by atomic mass is 10.1. The Balaban J connectivity index is 1.60. The van der Waals surface area contributed by atoms with E-state index in [1.165, 1.54) is 5.56 Å². The second-order valence-electron chi connectivity index (χ2n) is 6.87. The lowest BCUT2D eigenvalue weighted by molar-refractivity contribution is 0.0914. The summed E-state index contributed by atoms with van der Waals surface area (Å²) < 4.78 is 7.01. The Bertz CT molecular complexity index is 797. The molecule has 1 aliphatic heterocycles. The molecule has 0 spiro atoms. The van der Waals surface area contributed by atoms with Crippen LogP contribution in [0.15, 0.2) is 47.7 Å². The van der Waals surface area contributed by atoms with Gasteiger partial charge in [0.2, 0.25) is 0 Å². The first-order valence-electron chi connectivity index (χ1n) is 10.2. The van der Waals surface area contributed by atoms with Gasteiger partial charge in [0, 0.05) is 45.1 Å². The molecule has 0 radical (unpaired) electrons. The first-order chi connectivity index (χ1) is 14.2. The number of carbonyl (C=O) groups is 1. The molecule has 1 saturated heterocycles. The highest BCUT2D eigenvalue weighted by Gasteiger charge is 2.23. The van der Waals surface area contributed by atoms with Gasteiger partial charge in [-0.15, -0.1) is 0 Å². The van der Waals surface area contributed by atoms with Crippen LogP contribution in [0.5, 0.6) is 0 Å². The van der Waals surface area contributed by atoms with E-state index in [1.54, 1.807) is 11.1 Å². The van der Waals surface area contributed by atoms with Gasteiger partial charge in [-0.05, 0) is 31.0 Å². The molecule has 0 atom stereocenters. The third kappa shape index (κ3) is 5.97. The van der Waals surface area contributed by atoms with Crippen LogP contribution in [0, 0.1) is 0 Å². The number of benzene rings is 1. The summed E-state index contributed by atoms with van der Waals surface area (Å²) in [5.41, 5.74) is 2.37. The van der Waals surface area contributed by atoms with Crippen molar-refractivity contribution in [3.63, 3.8) is 0 Å². The molecule has 8 heteroatoms. The lowest BCUT2D eigenvalue weighted by Gasteiger charge is -2.35. The van der Waals surface area contributed by atoms with E-state index >= 15 is 0 Å². The third-order valence-electron chi connectivity index (χ3n) is 4.75. The Labute approximate surface area is 172 Å². The first kappa shape index (κ1) is 20.7. The van der Waals surface area contributed by atoms with E-state index < -0.39 is 0 Å². The predicted molar refractivity (Wildman–Crippen MR) is 113 cm³/mol. The average molecular weight is 399 g/mol. The minimum atomic E-state index is -0.233. The van der Waals surface area contributed by atoms with Crippen molar-refractivity contribution < 1.29 is 9.53 Å². The number of carbonyl (C=O) groups excluding carboxylic acids is 1. The van der Waals surface area contributed by atoms with Crippen LogP contribution in [0.4, 0.5) is 4.79 Å². The van der Waals surface area contributed by atoms with E-state index in [0.29, 0.717) is 26.2 Å². The van der Waals surface area contributed by atoms with Gasteiger partial charge in [-0.3, -0.25) is 4.68 Å². The van der Waals surface area contributed by atoms with Crippen LogP contribution >= 0.6 is 0 Å². The average Bonchev–Trinajstić information content (AvgIpc) is 3.25. The van der Waals surface area contributed by atoms with Gasteiger partial charge < -0.3 is 19.9 Å². The van der Waals surface area contributed by atoms with Gasteiger partial charge in [0.05, 0.1) is 19.7 Å². The maximum absolute atomic E-state index is 11.9. The maximum atomic E-state index is 11.9. The van der Waals surface area contributed by atoms with Gasteiger partial charge in [0.15, 0.2) is 5.96 Å². The molecule has 2 heterocycles. The van der Waals surface area contributed by atoms with Crippen molar-refractivity contribution in [2.45, 2.75) is 26.9 Å². The molecule has 1 aliphatic rings. The molecule has 3 rings (SSSR count). The number of aromatic nitrogens is 2. The molecule has 2 aromatic rings. The molecule has 1 fully saturated rings. The number of hydrogen-bond donors (Lipinski definition) is 1. The highest BCUT2D eigenvalue weighted by Crippen LogP contribution is 2.10. The Hall–Kier alpha value is -3.03. The van der Waals surface area contributed by atoms with Crippen LogP contribution in [-0.2, 0) is 17.8 Å². The molecular weight excluding hydrogens is 368 g/mol. The molecule has 0 saturated carbocycles. The first-order valence-corrected chi connectivity index (χ1v) is 10.2. The van der Waals surface area contributed by atoms with E-state index in [-0.39, 0.29) is 6.09 Å². The number of aliphatic imine (C=N–C) groups is 1. The molecule has 0 bridgehead atoms. The maximum Gasteiger partial charge on any atom is 0.409 e. The number of nitrogens with one attached hydrogen (secondary N) is 1. The van der Waals surface area contributed by atoms with Crippen molar-refractivity contribution in [3.05, 3.63) is 53.9 Å². The Morgan fingerprint density at radius 1 is 1.14 bits per heavy atom. The van der Waals surface area contributed by atoms with Crippen LogP contribution in [0.25, 0.3) is 0 Å². The van der Waals surface area contributed by atoms with Crippen molar-refractivity contribution in [2.24, 2.45) is 4.99 Å². The predicted octanol–water partition coefficient (Wildman–Crippen LogP) is 2.17. The molecule has 29 heavy (non-hydrogen) atoms. The van der Waals surface area contributed by atoms with Crippen molar-refractivity contribution in [1.82, 2.24) is 24.9 Å². The minimum Gasteiger partial charge on any atom is -0.450 e. The Morgan fingerprint density at radius 2 is 1.90 bits per heavy atom. The van der Waals surface area contributed by atoms with Gasteiger partial charge in [0.1, 0.15) is 0 Å². The quantitative estimate of drug-likeness (QED) is 0.596. The van der Waals surface area contributed by atoms with Crippen molar-refractivity contribution in [2.75, 3.05) is 39.3 Å². The summed E-state index contributed by atoms with van der Waals surface area (Å²) >= 11 is 0. The SMILES string of the molecule is CCNC(=NCc1cccc(Cn2cccn2)c1)N1CCN(C(=O)OCC)CC1. The standard InChI is InChI=1S/C21H30N6O2/c1-3-22-20(25-11-13-26(14-12-25)21(28)29-4-2)23-16-18-7-5-8-19(15-18)17-27-10-6-9-24-27/h5-10,15H,3-4,11-14,16-17H2,1-2H3,(H,22,23). The number of amides is 1. The van der Waals surface area contributed by atoms with Crippen molar-refractivity contribution >= 4 is 12.1 Å². The fourth-order valence-corrected chi connectivity index (χ4v) is 3.31. The van der Waals surface area contributed by atoms with Crippen LogP contribution in [0.3, 0.4) is 0 Å². The number of nitrogens with zero attached hydrogens (tertiary/aromatic N) is 5. The van der Waals surface area contributed by atoms with Gasteiger partial charge in [0.25, 0.3) is 0 Å². The third-order valence-corrected chi connectivity index (χ3v) is 4.75. The smallest absolute Gasteiger partial charge is 0.409 e. The number of piperazine rings is 1. The summed E-state index contributed by atoms with van der Waals surface area (Å²) in [7, 11) is 0. The number of ether oxygens (including phenoxy) is 1. The molecule has 8 nitrogen and oxygen atoms in total. The zero-order chi connectivity index (χ0) is 20.5. The monoisotopic (exact) mass is 398 g/mol. The topological polar surface area (TPSA) is 75.0 Å². The Morgan fingerprint density at radius 3 is 2.59 bits per heavy atom. The van der Waals surface area contributed by atoms with Gasteiger partial charge in [-0.25, -0.2) is 9.79 Å². The van der Waals surface area contributed by atoms with E-state index in [4.69, 9.17) is 9.73 Å². The zero-order valence-electron chi connectivity index (χ0n) is 17.3. The van der Waals surface area contributed by atoms with Crippen molar-refractivity contribution in [1.29, 1.82) is 0 Å². The summed E-state index contributed by atoms with van der Waals surface area (Å²) in [6.07, 6.45) is 3.52. The summed E-state index contributed by atoms with van der Waals surface area (Å²) in [5.74, 6) is 0.883. The summed E-state index contributed by atoms with van der Waals surface area (Å²) in [6.45, 7) is 9.22. The van der Waals surface area contributed by atoms with E-state index in [1.807, 2.05) is 23.9 Å². The fourth-order valence-electron chi connectivity index (χ4n) is 3.31. The molecular formula is C21H30N6O2.